The molecule has 7 heteroatoms. The molecule has 0 fully saturated rings. The van der Waals surface area contributed by atoms with Gasteiger partial charge in [-0.1, -0.05) is 12.1 Å². The van der Waals surface area contributed by atoms with Gasteiger partial charge < -0.3 is 15.7 Å². The van der Waals surface area contributed by atoms with E-state index in [1.165, 1.54) is 6.07 Å². The van der Waals surface area contributed by atoms with Crippen LogP contribution < -0.4 is 5.73 Å². The molecule has 0 saturated heterocycles. The molecule has 0 radical (unpaired) electrons. The fourth-order valence-electron chi connectivity index (χ4n) is 1.82. The van der Waals surface area contributed by atoms with Gasteiger partial charge in [0.15, 0.2) is 0 Å². The molecule has 0 saturated carbocycles. The summed E-state index contributed by atoms with van der Waals surface area (Å²) < 4.78 is 0. The predicted molar refractivity (Wildman–Crippen MR) is 75.0 cm³/mol. The Bertz CT molecular complexity index is 540. The molecule has 0 heterocycles. The highest BCUT2D eigenvalue weighted by Gasteiger charge is 2.22. The summed E-state index contributed by atoms with van der Waals surface area (Å²) in [5.74, 6) is -1.05. The van der Waals surface area contributed by atoms with Crippen LogP contribution in [0, 0.1) is 10.1 Å². The van der Waals surface area contributed by atoms with Gasteiger partial charge in [0, 0.05) is 32.4 Å². The first kappa shape index (κ1) is 15.6. The van der Waals surface area contributed by atoms with Crippen LogP contribution in [-0.2, 0) is 4.79 Å². The highest BCUT2D eigenvalue weighted by atomic mass is 16.6. The molecule has 20 heavy (non-hydrogen) atoms. The summed E-state index contributed by atoms with van der Waals surface area (Å²) in [7, 11) is 3.48. The van der Waals surface area contributed by atoms with Crippen molar-refractivity contribution in [3.63, 3.8) is 0 Å². The molecule has 1 unspecified atom stereocenters. The normalized spacial score (nSPS) is 12.8. The van der Waals surface area contributed by atoms with Gasteiger partial charge in [0.2, 0.25) is 0 Å². The minimum atomic E-state index is -1.05. The third-order valence-electron chi connectivity index (χ3n) is 2.60. The van der Waals surface area contributed by atoms with Crippen molar-refractivity contribution in [1.82, 2.24) is 4.90 Å². The predicted octanol–water partition coefficient (Wildman–Crippen LogP) is 1.30. The lowest BCUT2D eigenvalue weighted by Gasteiger charge is -2.17. The molecule has 0 bridgehead atoms. The first-order valence-electron chi connectivity index (χ1n) is 5.92. The van der Waals surface area contributed by atoms with Crippen molar-refractivity contribution >= 4 is 17.2 Å². The summed E-state index contributed by atoms with van der Waals surface area (Å²) in [6, 6.07) is 5.31. The van der Waals surface area contributed by atoms with Gasteiger partial charge in [-0.15, -0.1) is 0 Å². The summed E-state index contributed by atoms with van der Waals surface area (Å²) in [4.78, 5) is 23.0. The van der Waals surface area contributed by atoms with Crippen molar-refractivity contribution in [3.05, 3.63) is 46.1 Å². The number of aliphatic carboxylic acids is 1. The number of carboxylic acid groups (broad SMARTS) is 1. The van der Waals surface area contributed by atoms with Crippen molar-refractivity contribution in [2.45, 2.75) is 12.5 Å². The molecule has 1 aromatic rings. The Morgan fingerprint density at radius 2 is 2.10 bits per heavy atom. The lowest BCUT2D eigenvalue weighted by Crippen LogP contribution is -2.26. The molecular weight excluding hydrogens is 262 g/mol. The lowest BCUT2D eigenvalue weighted by atomic mass is 9.96. The monoisotopic (exact) mass is 279 g/mol. The van der Waals surface area contributed by atoms with E-state index in [0.29, 0.717) is 11.1 Å². The number of nitrogens with zero attached hydrogens (tertiary/aromatic N) is 2. The number of carbonyl (C=O) groups is 1. The van der Waals surface area contributed by atoms with Crippen LogP contribution in [0.15, 0.2) is 30.5 Å². The number of carboxylic acids is 1. The Morgan fingerprint density at radius 3 is 2.60 bits per heavy atom. The molecule has 1 atom stereocenters. The Labute approximate surface area is 116 Å². The van der Waals surface area contributed by atoms with E-state index in [2.05, 4.69) is 0 Å². The lowest BCUT2D eigenvalue weighted by molar-refractivity contribution is -0.385. The van der Waals surface area contributed by atoms with Gasteiger partial charge in [0.05, 0.1) is 16.9 Å². The average Bonchev–Trinajstić information content (AvgIpc) is 2.34. The van der Waals surface area contributed by atoms with E-state index in [-0.39, 0.29) is 12.1 Å². The molecule has 0 aliphatic heterocycles. The number of hydrogen-bond donors (Lipinski definition) is 2. The van der Waals surface area contributed by atoms with Crippen LogP contribution >= 0.6 is 0 Å². The van der Waals surface area contributed by atoms with Gasteiger partial charge in [-0.05, 0) is 11.6 Å². The van der Waals surface area contributed by atoms with E-state index in [1.54, 1.807) is 43.4 Å². The van der Waals surface area contributed by atoms with Crippen LogP contribution in [0.3, 0.4) is 0 Å². The zero-order valence-electron chi connectivity index (χ0n) is 11.3. The van der Waals surface area contributed by atoms with Gasteiger partial charge in [0.1, 0.15) is 0 Å². The highest BCUT2D eigenvalue weighted by Crippen LogP contribution is 2.28. The molecular formula is C13H17N3O4. The molecule has 0 spiro atoms. The zero-order valence-corrected chi connectivity index (χ0v) is 11.3. The fourth-order valence-corrected chi connectivity index (χ4v) is 1.82. The van der Waals surface area contributed by atoms with E-state index < -0.39 is 16.9 Å². The second kappa shape index (κ2) is 6.67. The van der Waals surface area contributed by atoms with Gasteiger partial charge in [-0.3, -0.25) is 14.9 Å². The van der Waals surface area contributed by atoms with Crippen LogP contribution in [0.5, 0.6) is 0 Å². The summed E-state index contributed by atoms with van der Waals surface area (Å²) in [6.07, 6.45) is 1.31. The zero-order chi connectivity index (χ0) is 15.3. The Hall–Kier alpha value is -2.41. The van der Waals surface area contributed by atoms with E-state index >= 15 is 0 Å². The second-order valence-corrected chi connectivity index (χ2v) is 4.53. The standard InChI is InChI=1S/C13H17N3O4/c1-15(2)8-10(11(14)7-13(17)18)9-5-3-4-6-12(9)16(19)20/h3-6,8,11H,7,14H2,1-2H3,(H,17,18)/b10-8-. The SMILES string of the molecule is CN(C)/C=C(/c1ccccc1[N+](=O)[O-])C(N)CC(=O)O. The van der Waals surface area contributed by atoms with Crippen LogP contribution in [0.4, 0.5) is 5.69 Å². The Morgan fingerprint density at radius 1 is 1.50 bits per heavy atom. The van der Waals surface area contributed by atoms with Crippen molar-refractivity contribution in [2.24, 2.45) is 5.73 Å². The summed E-state index contributed by atoms with van der Waals surface area (Å²) in [5.41, 5.74) is 6.53. The highest BCUT2D eigenvalue weighted by molar-refractivity contribution is 5.79. The number of benzene rings is 1. The number of para-hydroxylation sites is 1. The van der Waals surface area contributed by atoms with Crippen molar-refractivity contribution in [2.75, 3.05) is 14.1 Å². The van der Waals surface area contributed by atoms with Gasteiger partial charge in [-0.25, -0.2) is 0 Å². The van der Waals surface area contributed by atoms with Gasteiger partial charge in [-0.2, -0.15) is 0 Å². The first-order valence-corrected chi connectivity index (χ1v) is 5.92. The molecule has 0 aliphatic carbocycles. The summed E-state index contributed by atoms with van der Waals surface area (Å²) in [6.45, 7) is 0. The third-order valence-corrected chi connectivity index (χ3v) is 2.60. The smallest absolute Gasteiger partial charge is 0.305 e. The molecule has 7 nitrogen and oxygen atoms in total. The summed E-state index contributed by atoms with van der Waals surface area (Å²) in [5, 5.41) is 19.9. The maximum Gasteiger partial charge on any atom is 0.305 e. The fraction of sp³-hybridized carbons (Fsp3) is 0.308. The third kappa shape index (κ3) is 4.06. The second-order valence-electron chi connectivity index (χ2n) is 4.53. The van der Waals surface area contributed by atoms with Crippen molar-refractivity contribution < 1.29 is 14.8 Å². The number of nitro groups is 1. The molecule has 108 valence electrons. The number of nitrogens with two attached hydrogens (primary N) is 1. The largest absolute Gasteiger partial charge is 0.481 e. The van der Waals surface area contributed by atoms with Crippen LogP contribution in [0.25, 0.3) is 5.57 Å². The minimum absolute atomic E-state index is 0.0959. The number of hydrogen-bond acceptors (Lipinski definition) is 5. The molecule has 1 rings (SSSR count). The maximum absolute atomic E-state index is 11.1. The molecule has 0 aliphatic rings. The maximum atomic E-state index is 11.1. The van der Waals surface area contributed by atoms with Crippen molar-refractivity contribution in [1.29, 1.82) is 0 Å². The van der Waals surface area contributed by atoms with Crippen LogP contribution in [0.1, 0.15) is 12.0 Å². The van der Waals surface area contributed by atoms with Crippen molar-refractivity contribution in [3.8, 4) is 0 Å². The molecule has 3 N–H and O–H groups in total. The summed E-state index contributed by atoms with van der Waals surface area (Å²) >= 11 is 0. The van der Waals surface area contributed by atoms with Gasteiger partial charge in [0.25, 0.3) is 5.69 Å². The Balaban J connectivity index is 3.32. The molecule has 0 amide bonds. The van der Waals surface area contributed by atoms with Crippen LogP contribution in [-0.4, -0.2) is 41.0 Å². The Kier molecular flexibility index (Phi) is 5.22. The topological polar surface area (TPSA) is 110 Å². The van der Waals surface area contributed by atoms with E-state index in [1.807, 2.05) is 0 Å². The van der Waals surface area contributed by atoms with E-state index in [9.17, 15) is 14.9 Å². The number of nitro benzene ring substituents is 1. The minimum Gasteiger partial charge on any atom is -0.481 e. The van der Waals surface area contributed by atoms with E-state index in [4.69, 9.17) is 10.8 Å². The van der Waals surface area contributed by atoms with Gasteiger partial charge >= 0.3 is 5.97 Å². The molecule has 1 aromatic carbocycles. The van der Waals surface area contributed by atoms with E-state index in [0.717, 1.165) is 0 Å². The first-order chi connectivity index (χ1) is 9.32. The van der Waals surface area contributed by atoms with Crippen LogP contribution in [0.2, 0.25) is 0 Å². The quantitative estimate of drug-likeness (QED) is 0.600. The molecule has 0 aromatic heterocycles. The number of rotatable bonds is 6. The average molecular weight is 279 g/mol.